The van der Waals surface area contributed by atoms with E-state index in [1.54, 1.807) is 0 Å². The number of ether oxygens (including phenoxy) is 1. The second kappa shape index (κ2) is 8.38. The first-order valence-electron chi connectivity index (χ1n) is 9.22. The van der Waals surface area contributed by atoms with E-state index in [2.05, 4.69) is 41.4 Å². The highest BCUT2D eigenvalue weighted by Crippen LogP contribution is 2.20. The van der Waals surface area contributed by atoms with Gasteiger partial charge in [-0.1, -0.05) is 25.0 Å². The quantitative estimate of drug-likeness (QED) is 0.925. The molecule has 5 heteroatoms. The zero-order chi connectivity index (χ0) is 16.8. The molecule has 24 heavy (non-hydrogen) atoms. The Bertz CT molecular complexity index is 518. The number of amides is 2. The van der Waals surface area contributed by atoms with Gasteiger partial charge in [0.25, 0.3) is 0 Å². The van der Waals surface area contributed by atoms with Gasteiger partial charge in [0.1, 0.15) is 0 Å². The lowest BCUT2D eigenvalue weighted by molar-refractivity contribution is 0.122. The van der Waals surface area contributed by atoms with Crippen molar-refractivity contribution in [2.24, 2.45) is 0 Å². The van der Waals surface area contributed by atoms with Crippen LogP contribution in [-0.4, -0.2) is 50.3 Å². The minimum Gasteiger partial charge on any atom is -0.378 e. The van der Waals surface area contributed by atoms with Crippen LogP contribution < -0.4 is 10.2 Å². The third-order valence-corrected chi connectivity index (χ3v) is 5.00. The van der Waals surface area contributed by atoms with Crippen LogP contribution in [0.3, 0.4) is 0 Å². The average molecular weight is 331 g/mol. The number of carbonyl (C=O) groups is 1. The van der Waals surface area contributed by atoms with E-state index in [0.29, 0.717) is 0 Å². The summed E-state index contributed by atoms with van der Waals surface area (Å²) in [6.07, 6.45) is 4.72. The second-order valence-corrected chi connectivity index (χ2v) is 6.76. The molecule has 0 saturated carbocycles. The van der Waals surface area contributed by atoms with Crippen LogP contribution in [0.2, 0.25) is 0 Å². The van der Waals surface area contributed by atoms with E-state index in [0.717, 1.165) is 57.8 Å². The summed E-state index contributed by atoms with van der Waals surface area (Å²) in [5, 5.41) is 3.15. The normalized spacial score (nSPS) is 20.4. The molecule has 1 unspecified atom stereocenters. The van der Waals surface area contributed by atoms with Gasteiger partial charge in [-0.2, -0.15) is 0 Å². The van der Waals surface area contributed by atoms with Crippen molar-refractivity contribution in [2.45, 2.75) is 38.6 Å². The number of hydrogen-bond acceptors (Lipinski definition) is 3. The van der Waals surface area contributed by atoms with Gasteiger partial charge in [-0.05, 0) is 37.5 Å². The molecule has 1 aromatic carbocycles. The maximum atomic E-state index is 12.4. The fourth-order valence-corrected chi connectivity index (χ4v) is 3.43. The molecule has 0 bridgehead atoms. The van der Waals surface area contributed by atoms with E-state index < -0.39 is 0 Å². The minimum atomic E-state index is 0.0273. The SMILES string of the molecule is CC(NC(=O)N1CCCCCC1)c1ccc(N2CCOCC2)cc1. The summed E-state index contributed by atoms with van der Waals surface area (Å²) in [5.74, 6) is 0. The van der Waals surface area contributed by atoms with Crippen molar-refractivity contribution >= 4 is 11.7 Å². The first-order chi connectivity index (χ1) is 11.7. The Balaban J connectivity index is 1.56. The predicted octanol–water partition coefficient (Wildman–Crippen LogP) is 3.17. The number of urea groups is 1. The van der Waals surface area contributed by atoms with Crippen LogP contribution in [0.5, 0.6) is 0 Å². The van der Waals surface area contributed by atoms with Crippen LogP contribution in [0.4, 0.5) is 10.5 Å². The topological polar surface area (TPSA) is 44.8 Å². The van der Waals surface area contributed by atoms with Crippen LogP contribution >= 0.6 is 0 Å². The van der Waals surface area contributed by atoms with Gasteiger partial charge in [0, 0.05) is 31.9 Å². The zero-order valence-corrected chi connectivity index (χ0v) is 14.7. The number of likely N-dealkylation sites (tertiary alicyclic amines) is 1. The van der Waals surface area contributed by atoms with Gasteiger partial charge in [0.15, 0.2) is 0 Å². The third-order valence-electron chi connectivity index (χ3n) is 5.00. The Morgan fingerprint density at radius 3 is 2.25 bits per heavy atom. The molecule has 2 aliphatic rings. The first-order valence-corrected chi connectivity index (χ1v) is 9.22. The molecular weight excluding hydrogens is 302 g/mol. The van der Waals surface area contributed by atoms with Crippen molar-refractivity contribution in [2.75, 3.05) is 44.3 Å². The molecule has 2 heterocycles. The third kappa shape index (κ3) is 4.41. The van der Waals surface area contributed by atoms with E-state index in [1.807, 2.05) is 4.90 Å². The number of morpholine rings is 1. The van der Waals surface area contributed by atoms with Crippen LogP contribution in [0.15, 0.2) is 24.3 Å². The zero-order valence-electron chi connectivity index (χ0n) is 14.7. The first kappa shape index (κ1) is 17.1. The van der Waals surface area contributed by atoms with E-state index in [1.165, 1.54) is 18.5 Å². The van der Waals surface area contributed by atoms with Crippen molar-refractivity contribution in [3.8, 4) is 0 Å². The smallest absolute Gasteiger partial charge is 0.317 e. The summed E-state index contributed by atoms with van der Waals surface area (Å²) in [4.78, 5) is 16.7. The fraction of sp³-hybridized carbons (Fsp3) is 0.632. The molecular formula is C19H29N3O2. The number of nitrogens with one attached hydrogen (secondary N) is 1. The summed E-state index contributed by atoms with van der Waals surface area (Å²) in [5.41, 5.74) is 2.38. The van der Waals surface area contributed by atoms with Crippen LogP contribution in [0.25, 0.3) is 0 Å². The van der Waals surface area contributed by atoms with E-state index in [-0.39, 0.29) is 12.1 Å². The van der Waals surface area contributed by atoms with Gasteiger partial charge in [-0.25, -0.2) is 4.79 Å². The molecule has 2 fully saturated rings. The lowest BCUT2D eigenvalue weighted by Crippen LogP contribution is -2.41. The summed E-state index contributed by atoms with van der Waals surface area (Å²) in [7, 11) is 0. The van der Waals surface area contributed by atoms with E-state index in [4.69, 9.17) is 4.74 Å². The van der Waals surface area contributed by atoms with Crippen LogP contribution in [-0.2, 0) is 4.74 Å². The highest BCUT2D eigenvalue weighted by Gasteiger charge is 2.18. The summed E-state index contributed by atoms with van der Waals surface area (Å²) >= 11 is 0. The van der Waals surface area contributed by atoms with Gasteiger partial charge in [0.2, 0.25) is 0 Å². The molecule has 0 aromatic heterocycles. The molecule has 1 N–H and O–H groups in total. The number of benzene rings is 1. The summed E-state index contributed by atoms with van der Waals surface area (Å²) < 4.78 is 5.40. The molecule has 0 aliphatic carbocycles. The largest absolute Gasteiger partial charge is 0.378 e. The van der Waals surface area contributed by atoms with Gasteiger partial charge >= 0.3 is 6.03 Å². The number of rotatable bonds is 3. The Morgan fingerprint density at radius 2 is 1.62 bits per heavy atom. The van der Waals surface area contributed by atoms with E-state index >= 15 is 0 Å². The Morgan fingerprint density at radius 1 is 1.00 bits per heavy atom. The molecule has 1 atom stereocenters. The molecule has 5 nitrogen and oxygen atoms in total. The highest BCUT2D eigenvalue weighted by atomic mass is 16.5. The lowest BCUT2D eigenvalue weighted by atomic mass is 10.1. The Hall–Kier alpha value is -1.75. The molecule has 0 spiro atoms. The maximum absolute atomic E-state index is 12.4. The Kier molecular flexibility index (Phi) is 5.96. The summed E-state index contributed by atoms with van der Waals surface area (Å²) in [6, 6.07) is 8.64. The maximum Gasteiger partial charge on any atom is 0.317 e. The van der Waals surface area contributed by atoms with Gasteiger partial charge in [-0.15, -0.1) is 0 Å². The highest BCUT2D eigenvalue weighted by molar-refractivity contribution is 5.74. The van der Waals surface area contributed by atoms with Crippen molar-refractivity contribution in [3.05, 3.63) is 29.8 Å². The van der Waals surface area contributed by atoms with E-state index in [9.17, 15) is 4.79 Å². The van der Waals surface area contributed by atoms with Crippen molar-refractivity contribution in [1.29, 1.82) is 0 Å². The van der Waals surface area contributed by atoms with Crippen molar-refractivity contribution in [3.63, 3.8) is 0 Å². The number of carbonyl (C=O) groups excluding carboxylic acids is 1. The molecule has 2 aliphatic heterocycles. The number of nitrogens with zero attached hydrogens (tertiary/aromatic N) is 2. The number of hydrogen-bond donors (Lipinski definition) is 1. The van der Waals surface area contributed by atoms with Crippen molar-refractivity contribution in [1.82, 2.24) is 10.2 Å². The fourth-order valence-electron chi connectivity index (χ4n) is 3.43. The minimum absolute atomic E-state index is 0.0273. The van der Waals surface area contributed by atoms with Crippen LogP contribution in [0.1, 0.15) is 44.2 Å². The molecule has 1 aromatic rings. The van der Waals surface area contributed by atoms with Crippen LogP contribution in [0, 0.1) is 0 Å². The van der Waals surface area contributed by atoms with Gasteiger partial charge in [0.05, 0.1) is 19.3 Å². The summed E-state index contributed by atoms with van der Waals surface area (Å²) in [6.45, 7) is 7.30. The molecule has 3 rings (SSSR count). The lowest BCUT2D eigenvalue weighted by Gasteiger charge is -2.29. The monoisotopic (exact) mass is 331 g/mol. The molecule has 2 amide bonds. The average Bonchev–Trinajstić information content (AvgIpc) is 2.92. The molecule has 0 radical (unpaired) electrons. The Labute approximate surface area is 145 Å². The second-order valence-electron chi connectivity index (χ2n) is 6.76. The van der Waals surface area contributed by atoms with Gasteiger partial charge < -0.3 is 19.9 Å². The predicted molar refractivity (Wildman–Crippen MR) is 96.5 cm³/mol. The molecule has 132 valence electrons. The standard InChI is InChI=1S/C19H29N3O2/c1-16(20-19(23)22-10-4-2-3-5-11-22)17-6-8-18(9-7-17)21-12-14-24-15-13-21/h6-9,16H,2-5,10-15H2,1H3,(H,20,23). The molecule has 2 saturated heterocycles. The number of anilines is 1. The van der Waals surface area contributed by atoms with Crippen molar-refractivity contribution < 1.29 is 9.53 Å². The van der Waals surface area contributed by atoms with Gasteiger partial charge in [-0.3, -0.25) is 0 Å².